The number of benzene rings is 1. The summed E-state index contributed by atoms with van der Waals surface area (Å²) in [5.74, 6) is 0.519. The molecule has 1 saturated heterocycles. The topological polar surface area (TPSA) is 80.2 Å². The largest absolute Gasteiger partial charge is 0.473 e. The molecule has 1 N–H and O–H groups in total. The Morgan fingerprint density at radius 3 is 2.62 bits per heavy atom. The number of nitrogens with one attached hydrogen (secondary N) is 1. The number of carbonyl (C=O) groups is 1. The van der Waals surface area contributed by atoms with Crippen LogP contribution in [0.1, 0.15) is 18.4 Å². The van der Waals surface area contributed by atoms with Gasteiger partial charge in [0.15, 0.2) is 0 Å². The van der Waals surface area contributed by atoms with Gasteiger partial charge >= 0.3 is 0 Å². The first kappa shape index (κ1) is 21.6. The molecule has 0 aliphatic carbocycles. The number of carbonyl (C=O) groups excluding carboxylic acids is 1. The Bertz CT molecular complexity index is 1220. The van der Waals surface area contributed by atoms with Gasteiger partial charge in [0.25, 0.3) is 0 Å². The lowest BCUT2D eigenvalue weighted by Crippen LogP contribution is -2.39. The first-order valence-electron chi connectivity index (χ1n) is 11.3. The van der Waals surface area contributed by atoms with Crippen molar-refractivity contribution in [1.29, 1.82) is 0 Å². The molecule has 4 heterocycles. The summed E-state index contributed by atoms with van der Waals surface area (Å²) >= 11 is 0. The first-order chi connectivity index (χ1) is 16.8. The van der Waals surface area contributed by atoms with Gasteiger partial charge in [0.05, 0.1) is 29.5 Å². The molecule has 5 rings (SSSR count). The van der Waals surface area contributed by atoms with Gasteiger partial charge in [-0.05, 0) is 48.7 Å². The number of pyridine rings is 3. The number of ether oxygens (including phenoxy) is 1. The highest BCUT2D eigenvalue weighted by molar-refractivity contribution is 5.97. The SMILES string of the molecule is O=C(Nc1ccc(-c2cccnc2)nc1)[C@@H]1CCCN1c1ccc(OCc2ccccc2)nc1. The van der Waals surface area contributed by atoms with Crippen LogP contribution in [0.5, 0.6) is 5.88 Å². The van der Waals surface area contributed by atoms with E-state index in [0.717, 1.165) is 41.9 Å². The fourth-order valence-electron chi connectivity index (χ4n) is 4.09. The Kier molecular flexibility index (Phi) is 6.42. The van der Waals surface area contributed by atoms with Crippen LogP contribution in [0.2, 0.25) is 0 Å². The van der Waals surface area contributed by atoms with Crippen molar-refractivity contribution in [3.05, 3.63) is 97.1 Å². The maximum absolute atomic E-state index is 13.0. The van der Waals surface area contributed by atoms with Crippen LogP contribution in [0, 0.1) is 0 Å². The number of nitrogens with zero attached hydrogens (tertiary/aromatic N) is 4. The fourth-order valence-corrected chi connectivity index (χ4v) is 4.09. The minimum atomic E-state index is -0.254. The quantitative estimate of drug-likeness (QED) is 0.438. The van der Waals surface area contributed by atoms with E-state index >= 15 is 0 Å². The van der Waals surface area contributed by atoms with Crippen LogP contribution in [0.3, 0.4) is 0 Å². The minimum Gasteiger partial charge on any atom is -0.473 e. The number of amides is 1. The molecule has 34 heavy (non-hydrogen) atoms. The lowest BCUT2D eigenvalue weighted by Gasteiger charge is -2.25. The van der Waals surface area contributed by atoms with Gasteiger partial charge < -0.3 is 15.0 Å². The highest BCUT2D eigenvalue weighted by Gasteiger charge is 2.31. The molecule has 7 heteroatoms. The van der Waals surface area contributed by atoms with E-state index in [1.54, 1.807) is 24.8 Å². The molecule has 3 aromatic heterocycles. The normalized spacial score (nSPS) is 15.2. The third-order valence-electron chi connectivity index (χ3n) is 5.83. The molecule has 0 spiro atoms. The van der Waals surface area contributed by atoms with Crippen LogP contribution in [-0.4, -0.2) is 33.4 Å². The Balaban J connectivity index is 1.21. The number of rotatable bonds is 7. The molecule has 1 atom stereocenters. The van der Waals surface area contributed by atoms with Crippen LogP contribution < -0.4 is 15.0 Å². The fraction of sp³-hybridized carbons (Fsp3) is 0.185. The summed E-state index contributed by atoms with van der Waals surface area (Å²) in [4.78, 5) is 28.2. The molecule has 1 fully saturated rings. The number of hydrogen-bond donors (Lipinski definition) is 1. The van der Waals surface area contributed by atoms with Crippen molar-refractivity contribution < 1.29 is 9.53 Å². The molecular formula is C27H25N5O2. The highest BCUT2D eigenvalue weighted by Crippen LogP contribution is 2.27. The van der Waals surface area contributed by atoms with E-state index in [2.05, 4.69) is 25.2 Å². The molecular weight excluding hydrogens is 426 g/mol. The Labute approximate surface area is 198 Å². The second kappa shape index (κ2) is 10.1. The third-order valence-corrected chi connectivity index (χ3v) is 5.83. The molecule has 1 amide bonds. The Morgan fingerprint density at radius 1 is 0.971 bits per heavy atom. The van der Waals surface area contributed by atoms with Crippen molar-refractivity contribution in [2.45, 2.75) is 25.5 Å². The number of hydrogen-bond acceptors (Lipinski definition) is 6. The maximum Gasteiger partial charge on any atom is 0.247 e. The van der Waals surface area contributed by atoms with Crippen LogP contribution in [0.4, 0.5) is 11.4 Å². The summed E-state index contributed by atoms with van der Waals surface area (Å²) in [7, 11) is 0. The minimum absolute atomic E-state index is 0.0437. The molecule has 1 aromatic carbocycles. The summed E-state index contributed by atoms with van der Waals surface area (Å²) < 4.78 is 5.78. The van der Waals surface area contributed by atoms with E-state index in [-0.39, 0.29) is 11.9 Å². The third kappa shape index (κ3) is 5.04. The summed E-state index contributed by atoms with van der Waals surface area (Å²) in [6.45, 7) is 1.28. The van der Waals surface area contributed by atoms with E-state index in [4.69, 9.17) is 4.74 Å². The van der Waals surface area contributed by atoms with E-state index in [9.17, 15) is 4.79 Å². The molecule has 0 saturated carbocycles. The van der Waals surface area contributed by atoms with Gasteiger partial charge in [-0.2, -0.15) is 0 Å². The molecule has 1 aliphatic rings. The number of aromatic nitrogens is 3. The van der Waals surface area contributed by atoms with Crippen LogP contribution in [0.25, 0.3) is 11.3 Å². The van der Waals surface area contributed by atoms with Gasteiger partial charge in [-0.3, -0.25) is 14.8 Å². The van der Waals surface area contributed by atoms with Crippen LogP contribution in [-0.2, 0) is 11.4 Å². The molecule has 4 aromatic rings. The molecule has 170 valence electrons. The molecule has 1 aliphatic heterocycles. The van der Waals surface area contributed by atoms with E-state index in [1.165, 1.54) is 0 Å². The van der Waals surface area contributed by atoms with Gasteiger partial charge in [-0.25, -0.2) is 4.98 Å². The molecule has 7 nitrogen and oxygen atoms in total. The van der Waals surface area contributed by atoms with E-state index in [1.807, 2.05) is 66.7 Å². The zero-order chi connectivity index (χ0) is 23.2. The average Bonchev–Trinajstić information content (AvgIpc) is 3.40. The maximum atomic E-state index is 13.0. The second-order valence-corrected chi connectivity index (χ2v) is 8.14. The van der Waals surface area contributed by atoms with Crippen molar-refractivity contribution >= 4 is 17.3 Å². The monoisotopic (exact) mass is 451 g/mol. The van der Waals surface area contributed by atoms with Gasteiger partial charge in [0, 0.05) is 30.6 Å². The van der Waals surface area contributed by atoms with Gasteiger partial charge in [-0.15, -0.1) is 0 Å². The molecule has 0 radical (unpaired) electrons. The predicted octanol–water partition coefficient (Wildman–Crippen LogP) is 4.73. The van der Waals surface area contributed by atoms with Crippen LogP contribution in [0.15, 0.2) is 91.5 Å². The van der Waals surface area contributed by atoms with E-state index < -0.39 is 0 Å². The van der Waals surface area contributed by atoms with Gasteiger partial charge in [-0.1, -0.05) is 30.3 Å². The first-order valence-corrected chi connectivity index (χ1v) is 11.3. The summed E-state index contributed by atoms with van der Waals surface area (Å²) in [6.07, 6.45) is 8.69. The zero-order valence-corrected chi connectivity index (χ0v) is 18.7. The second-order valence-electron chi connectivity index (χ2n) is 8.14. The van der Waals surface area contributed by atoms with Gasteiger partial charge in [0.1, 0.15) is 12.6 Å². The van der Waals surface area contributed by atoms with Gasteiger partial charge in [0.2, 0.25) is 11.8 Å². The lowest BCUT2D eigenvalue weighted by atomic mass is 10.1. The highest BCUT2D eigenvalue weighted by atomic mass is 16.5. The smallest absolute Gasteiger partial charge is 0.247 e. The standard InChI is InChI=1S/C27H25N5O2/c33-27(31-22-10-12-24(29-17-22)21-8-4-14-28-16-21)25-9-5-15-32(25)23-11-13-26(30-18-23)34-19-20-6-2-1-3-7-20/h1-4,6-8,10-14,16-18,25H,5,9,15,19H2,(H,31,33)/t25-/m0/s1. The van der Waals surface area contributed by atoms with Crippen molar-refractivity contribution in [2.75, 3.05) is 16.8 Å². The summed E-state index contributed by atoms with van der Waals surface area (Å²) in [5.41, 5.74) is 4.43. The van der Waals surface area contributed by atoms with Crippen LogP contribution >= 0.6 is 0 Å². The predicted molar refractivity (Wildman–Crippen MR) is 131 cm³/mol. The Morgan fingerprint density at radius 2 is 1.88 bits per heavy atom. The number of anilines is 2. The van der Waals surface area contributed by atoms with Crippen molar-refractivity contribution in [2.24, 2.45) is 0 Å². The molecule has 0 bridgehead atoms. The Hall–Kier alpha value is -4.26. The average molecular weight is 452 g/mol. The van der Waals surface area contributed by atoms with Crippen molar-refractivity contribution in [3.63, 3.8) is 0 Å². The summed E-state index contributed by atoms with van der Waals surface area (Å²) in [6, 6.07) is 21.1. The lowest BCUT2D eigenvalue weighted by molar-refractivity contribution is -0.117. The molecule has 0 unspecified atom stereocenters. The van der Waals surface area contributed by atoms with Crippen molar-refractivity contribution in [3.8, 4) is 17.1 Å². The van der Waals surface area contributed by atoms with Crippen molar-refractivity contribution in [1.82, 2.24) is 15.0 Å². The zero-order valence-electron chi connectivity index (χ0n) is 18.7. The van der Waals surface area contributed by atoms with E-state index in [0.29, 0.717) is 18.2 Å². The summed E-state index contributed by atoms with van der Waals surface area (Å²) in [5, 5.41) is 3.01.